The fourth-order valence-electron chi connectivity index (χ4n) is 1.19. The van der Waals surface area contributed by atoms with Crippen LogP contribution in [0.2, 0.25) is 0 Å². The molecule has 0 unspecified atom stereocenters. The second-order valence-electron chi connectivity index (χ2n) is 3.17. The zero-order valence-corrected chi connectivity index (χ0v) is 10.7. The van der Waals surface area contributed by atoms with Crippen LogP contribution in [-0.2, 0) is 10.0 Å². The summed E-state index contributed by atoms with van der Waals surface area (Å²) in [4.78, 5) is 0.882. The maximum absolute atomic E-state index is 11.1. The topological polar surface area (TPSA) is 70.0 Å². The molecule has 0 aliphatic rings. The molecule has 0 saturated carbocycles. The minimum atomic E-state index is -3.30. The van der Waals surface area contributed by atoms with Crippen molar-refractivity contribution in [2.45, 2.75) is 11.8 Å². The van der Waals surface area contributed by atoms with E-state index in [1.54, 1.807) is 23.9 Å². The molecule has 4 nitrogen and oxygen atoms in total. The quantitative estimate of drug-likeness (QED) is 0.837. The molecule has 1 aromatic rings. The van der Waals surface area contributed by atoms with E-state index < -0.39 is 10.0 Å². The first kappa shape index (κ1) is 12.9. The average molecular weight is 256 g/mol. The molecular formula is C10H12N2O2S2. The summed E-state index contributed by atoms with van der Waals surface area (Å²) in [6.07, 6.45) is 1.08. The van der Waals surface area contributed by atoms with Gasteiger partial charge in [0.1, 0.15) is 0 Å². The molecule has 0 amide bonds. The summed E-state index contributed by atoms with van der Waals surface area (Å²) in [7, 11) is -3.30. The first-order valence-corrected chi connectivity index (χ1v) is 7.48. The SMILES string of the molecule is CCSc1cc(C#N)cc(NS(C)(=O)=O)c1. The lowest BCUT2D eigenvalue weighted by molar-refractivity contribution is 0.607. The molecular weight excluding hydrogens is 244 g/mol. The van der Waals surface area contributed by atoms with Crippen molar-refractivity contribution < 1.29 is 8.42 Å². The van der Waals surface area contributed by atoms with Gasteiger partial charge in [-0.25, -0.2) is 8.42 Å². The Morgan fingerprint density at radius 1 is 1.44 bits per heavy atom. The van der Waals surface area contributed by atoms with Crippen LogP contribution in [0, 0.1) is 11.3 Å². The first-order valence-electron chi connectivity index (χ1n) is 4.60. The summed E-state index contributed by atoms with van der Waals surface area (Å²) < 4.78 is 24.5. The number of hydrogen-bond acceptors (Lipinski definition) is 4. The Balaban J connectivity index is 3.10. The number of rotatable bonds is 4. The highest BCUT2D eigenvalue weighted by atomic mass is 32.2. The van der Waals surface area contributed by atoms with E-state index in [-0.39, 0.29) is 0 Å². The molecule has 0 bridgehead atoms. The van der Waals surface area contributed by atoms with E-state index in [1.165, 1.54) is 6.07 Å². The van der Waals surface area contributed by atoms with Gasteiger partial charge in [-0.05, 0) is 24.0 Å². The van der Waals surface area contributed by atoms with Crippen molar-refractivity contribution in [2.24, 2.45) is 0 Å². The summed E-state index contributed by atoms with van der Waals surface area (Å²) in [5.74, 6) is 0.868. The molecule has 86 valence electrons. The maximum Gasteiger partial charge on any atom is 0.229 e. The molecule has 6 heteroatoms. The largest absolute Gasteiger partial charge is 0.284 e. The predicted octanol–water partition coefficient (Wildman–Crippen LogP) is 2.04. The highest BCUT2D eigenvalue weighted by Crippen LogP contribution is 2.24. The van der Waals surface area contributed by atoms with Gasteiger partial charge in [-0.3, -0.25) is 4.72 Å². The Labute approximate surface area is 99.7 Å². The summed E-state index contributed by atoms with van der Waals surface area (Å²) >= 11 is 1.56. The van der Waals surface area contributed by atoms with Gasteiger partial charge in [-0.1, -0.05) is 6.92 Å². The van der Waals surface area contributed by atoms with Gasteiger partial charge in [-0.15, -0.1) is 11.8 Å². The van der Waals surface area contributed by atoms with Crippen molar-refractivity contribution in [3.8, 4) is 6.07 Å². The van der Waals surface area contributed by atoms with Gasteiger partial charge in [0.2, 0.25) is 10.0 Å². The fraction of sp³-hybridized carbons (Fsp3) is 0.300. The van der Waals surface area contributed by atoms with Crippen molar-refractivity contribution in [3.05, 3.63) is 23.8 Å². The lowest BCUT2D eigenvalue weighted by atomic mass is 10.2. The van der Waals surface area contributed by atoms with Crippen LogP contribution in [0.1, 0.15) is 12.5 Å². The van der Waals surface area contributed by atoms with Crippen LogP contribution in [-0.4, -0.2) is 20.4 Å². The average Bonchev–Trinajstić information content (AvgIpc) is 2.15. The van der Waals surface area contributed by atoms with E-state index in [4.69, 9.17) is 5.26 Å². The number of nitrogens with zero attached hydrogens (tertiary/aromatic N) is 1. The maximum atomic E-state index is 11.1. The standard InChI is InChI=1S/C10H12N2O2S2/c1-3-15-10-5-8(7-11)4-9(6-10)12-16(2,13)14/h4-6,12H,3H2,1-2H3. The van der Waals surface area contributed by atoms with Crippen molar-refractivity contribution in [1.82, 2.24) is 0 Å². The van der Waals surface area contributed by atoms with Crippen molar-refractivity contribution in [3.63, 3.8) is 0 Å². The summed E-state index contributed by atoms with van der Waals surface area (Å²) in [6.45, 7) is 1.99. The zero-order chi connectivity index (χ0) is 12.2. The van der Waals surface area contributed by atoms with Gasteiger partial charge >= 0.3 is 0 Å². The Morgan fingerprint density at radius 3 is 2.62 bits per heavy atom. The molecule has 1 N–H and O–H groups in total. The summed E-state index contributed by atoms with van der Waals surface area (Å²) in [5, 5.41) is 8.82. The second kappa shape index (κ2) is 5.23. The van der Waals surface area contributed by atoms with E-state index in [0.29, 0.717) is 11.3 Å². The van der Waals surface area contributed by atoms with Crippen molar-refractivity contribution in [1.29, 1.82) is 5.26 Å². The van der Waals surface area contributed by atoms with E-state index in [0.717, 1.165) is 16.9 Å². The van der Waals surface area contributed by atoms with E-state index in [2.05, 4.69) is 4.72 Å². The van der Waals surface area contributed by atoms with Gasteiger partial charge in [0.05, 0.1) is 23.6 Å². The number of sulfonamides is 1. The van der Waals surface area contributed by atoms with Gasteiger partial charge in [0, 0.05) is 4.90 Å². The van der Waals surface area contributed by atoms with Gasteiger partial charge in [0.15, 0.2) is 0 Å². The molecule has 0 aromatic heterocycles. The van der Waals surface area contributed by atoms with Crippen molar-refractivity contribution >= 4 is 27.5 Å². The van der Waals surface area contributed by atoms with Crippen LogP contribution in [0.25, 0.3) is 0 Å². The Morgan fingerprint density at radius 2 is 2.12 bits per heavy atom. The molecule has 1 rings (SSSR count). The number of nitrogens with one attached hydrogen (secondary N) is 1. The third-order valence-electron chi connectivity index (χ3n) is 1.65. The smallest absolute Gasteiger partial charge is 0.229 e. The second-order valence-corrected chi connectivity index (χ2v) is 6.25. The van der Waals surface area contributed by atoms with Crippen LogP contribution in [0.5, 0.6) is 0 Å². The molecule has 1 aromatic carbocycles. The van der Waals surface area contributed by atoms with Crippen LogP contribution >= 0.6 is 11.8 Å². The van der Waals surface area contributed by atoms with E-state index in [1.807, 2.05) is 13.0 Å². The minimum absolute atomic E-state index is 0.428. The molecule has 16 heavy (non-hydrogen) atoms. The number of thioether (sulfide) groups is 1. The Kier molecular flexibility index (Phi) is 4.21. The van der Waals surface area contributed by atoms with Gasteiger partial charge in [0.25, 0.3) is 0 Å². The monoisotopic (exact) mass is 256 g/mol. The van der Waals surface area contributed by atoms with Gasteiger partial charge < -0.3 is 0 Å². The van der Waals surface area contributed by atoms with Crippen LogP contribution in [0.15, 0.2) is 23.1 Å². The molecule has 0 saturated heterocycles. The number of benzene rings is 1. The summed E-state index contributed by atoms with van der Waals surface area (Å²) in [6, 6.07) is 6.97. The molecule has 0 aliphatic heterocycles. The number of anilines is 1. The number of nitriles is 1. The Bertz CT molecular complexity index is 518. The highest BCUT2D eigenvalue weighted by molar-refractivity contribution is 7.99. The molecule has 0 aliphatic carbocycles. The summed E-state index contributed by atoms with van der Waals surface area (Å²) in [5.41, 5.74) is 0.877. The van der Waals surface area contributed by atoms with Gasteiger partial charge in [-0.2, -0.15) is 5.26 Å². The molecule has 0 fully saturated rings. The fourth-order valence-corrected chi connectivity index (χ4v) is 2.49. The van der Waals surface area contributed by atoms with Crippen molar-refractivity contribution in [2.75, 3.05) is 16.7 Å². The third kappa shape index (κ3) is 4.13. The lowest BCUT2D eigenvalue weighted by Gasteiger charge is -2.06. The molecule has 0 radical (unpaired) electrons. The van der Waals surface area contributed by atoms with E-state index >= 15 is 0 Å². The highest BCUT2D eigenvalue weighted by Gasteiger charge is 2.05. The third-order valence-corrected chi connectivity index (χ3v) is 3.11. The van der Waals surface area contributed by atoms with Crippen LogP contribution in [0.3, 0.4) is 0 Å². The zero-order valence-electron chi connectivity index (χ0n) is 9.02. The van der Waals surface area contributed by atoms with E-state index in [9.17, 15) is 8.42 Å². The normalized spacial score (nSPS) is 10.8. The lowest BCUT2D eigenvalue weighted by Crippen LogP contribution is -2.09. The number of hydrogen-bond donors (Lipinski definition) is 1. The molecule has 0 atom stereocenters. The molecule has 0 spiro atoms. The Hall–Kier alpha value is -1.19. The minimum Gasteiger partial charge on any atom is -0.284 e. The first-order chi connectivity index (χ1) is 7.44. The van der Waals surface area contributed by atoms with Crippen LogP contribution in [0.4, 0.5) is 5.69 Å². The molecule has 0 heterocycles. The predicted molar refractivity (Wildman–Crippen MR) is 66.0 cm³/mol. The van der Waals surface area contributed by atoms with Crippen LogP contribution < -0.4 is 4.72 Å².